The summed E-state index contributed by atoms with van der Waals surface area (Å²) in [7, 11) is -2.52. The van der Waals surface area contributed by atoms with Crippen molar-refractivity contribution in [2.75, 3.05) is 12.0 Å². The van der Waals surface area contributed by atoms with Gasteiger partial charge in [-0.2, -0.15) is 5.26 Å². The van der Waals surface area contributed by atoms with E-state index in [2.05, 4.69) is 6.07 Å². The normalized spacial score (nSPS) is 14.3. The molecule has 3 aromatic rings. The summed E-state index contributed by atoms with van der Waals surface area (Å²) in [4.78, 5) is 14.5. The summed E-state index contributed by atoms with van der Waals surface area (Å²) in [5, 5.41) is 9.23. The summed E-state index contributed by atoms with van der Waals surface area (Å²) in [5.74, 6) is -0.0547. The predicted octanol–water partition coefficient (Wildman–Crippen LogP) is 4.22. The van der Waals surface area contributed by atoms with E-state index in [1.165, 1.54) is 31.5 Å². The second kappa shape index (κ2) is 7.50. The van der Waals surface area contributed by atoms with E-state index in [-0.39, 0.29) is 15.4 Å². The number of rotatable bonds is 4. The zero-order valence-electron chi connectivity index (χ0n) is 15.9. The molecule has 0 atom stereocenters. The number of carbonyl (C=O) groups excluding carboxylic acids is 1. The maximum Gasteiger partial charge on any atom is 0.214 e. The highest BCUT2D eigenvalue weighted by atomic mass is 32.2. The summed E-state index contributed by atoms with van der Waals surface area (Å²) in [6, 6.07) is 21.6. The molecule has 0 saturated carbocycles. The molecule has 0 saturated heterocycles. The van der Waals surface area contributed by atoms with Crippen molar-refractivity contribution in [3.8, 4) is 11.8 Å². The second-order valence-electron chi connectivity index (χ2n) is 6.55. The standard InChI is InChI=1S/C23H16N2O4S/c1-29-19-11-9-17(10-12-19)23(26)22-15-25(18-6-4-5-16(13-18)14-24)20-7-2-3-8-21(20)30(22,27)28/h2-13,15H,1H3. The molecule has 0 spiro atoms. The Morgan fingerprint density at radius 2 is 1.73 bits per heavy atom. The zero-order chi connectivity index (χ0) is 21.3. The summed E-state index contributed by atoms with van der Waals surface area (Å²) in [6.45, 7) is 0. The summed E-state index contributed by atoms with van der Waals surface area (Å²) >= 11 is 0. The molecule has 7 heteroatoms. The highest BCUT2D eigenvalue weighted by molar-refractivity contribution is 7.96. The average Bonchev–Trinajstić information content (AvgIpc) is 2.79. The molecule has 148 valence electrons. The molecule has 3 aromatic carbocycles. The maximum absolute atomic E-state index is 13.2. The van der Waals surface area contributed by atoms with E-state index >= 15 is 0 Å². The molecule has 1 aliphatic heterocycles. The van der Waals surface area contributed by atoms with Crippen LogP contribution in [0, 0.1) is 11.3 Å². The number of fused-ring (bicyclic) bond motifs is 1. The quantitative estimate of drug-likeness (QED) is 0.592. The summed E-state index contributed by atoms with van der Waals surface area (Å²) in [6.07, 6.45) is 1.32. The number of methoxy groups -OCH3 is 1. The summed E-state index contributed by atoms with van der Waals surface area (Å²) < 4.78 is 31.6. The van der Waals surface area contributed by atoms with E-state index in [1.54, 1.807) is 59.5 Å². The fourth-order valence-corrected chi connectivity index (χ4v) is 4.80. The number of ketones is 1. The van der Waals surface area contributed by atoms with Gasteiger partial charge in [0.1, 0.15) is 10.7 Å². The highest BCUT2D eigenvalue weighted by Crippen LogP contribution is 2.40. The van der Waals surface area contributed by atoms with Crippen molar-refractivity contribution in [2.24, 2.45) is 0 Å². The van der Waals surface area contributed by atoms with E-state index in [9.17, 15) is 18.5 Å². The van der Waals surface area contributed by atoms with Crippen LogP contribution in [-0.2, 0) is 9.84 Å². The monoisotopic (exact) mass is 416 g/mol. The number of hydrogen-bond donors (Lipinski definition) is 0. The van der Waals surface area contributed by atoms with E-state index in [4.69, 9.17) is 4.74 Å². The third-order valence-electron chi connectivity index (χ3n) is 4.78. The first-order valence-electron chi connectivity index (χ1n) is 9.00. The first-order valence-corrected chi connectivity index (χ1v) is 10.5. The lowest BCUT2D eigenvalue weighted by Crippen LogP contribution is -2.25. The summed E-state index contributed by atoms with van der Waals surface area (Å²) in [5.41, 5.74) is 1.65. The molecular weight excluding hydrogens is 400 g/mol. The Hall–Kier alpha value is -3.89. The zero-order valence-corrected chi connectivity index (χ0v) is 16.8. The molecule has 30 heavy (non-hydrogen) atoms. The SMILES string of the molecule is COc1ccc(C(=O)C2=CN(c3cccc(C#N)c3)c3ccccc3S2(=O)=O)cc1. The number of anilines is 2. The molecule has 0 amide bonds. The van der Waals surface area contributed by atoms with Crippen LogP contribution in [0.4, 0.5) is 11.4 Å². The van der Waals surface area contributed by atoms with Gasteiger partial charge < -0.3 is 9.64 Å². The van der Waals surface area contributed by atoms with Gasteiger partial charge in [-0.05, 0) is 54.6 Å². The molecular formula is C23H16N2O4S. The number of nitrogens with zero attached hydrogens (tertiary/aromatic N) is 2. The van der Waals surface area contributed by atoms with Gasteiger partial charge in [0.15, 0.2) is 0 Å². The molecule has 1 heterocycles. The number of Topliss-reactive ketones (excluding diaryl/α,β-unsaturated/α-hetero) is 1. The molecule has 0 N–H and O–H groups in total. The van der Waals surface area contributed by atoms with Gasteiger partial charge in [0.25, 0.3) is 0 Å². The van der Waals surface area contributed by atoms with Crippen molar-refractivity contribution in [1.82, 2.24) is 0 Å². The Balaban J connectivity index is 1.89. The number of hydrogen-bond acceptors (Lipinski definition) is 6. The van der Waals surface area contributed by atoms with Gasteiger partial charge in [-0.1, -0.05) is 18.2 Å². The van der Waals surface area contributed by atoms with E-state index in [0.29, 0.717) is 22.7 Å². The van der Waals surface area contributed by atoms with Crippen molar-refractivity contribution >= 4 is 27.0 Å². The van der Waals surface area contributed by atoms with Gasteiger partial charge in [-0.15, -0.1) is 0 Å². The molecule has 0 unspecified atom stereocenters. The van der Waals surface area contributed by atoms with Crippen LogP contribution in [0.1, 0.15) is 15.9 Å². The van der Waals surface area contributed by atoms with Gasteiger partial charge in [0.05, 0.1) is 29.3 Å². The van der Waals surface area contributed by atoms with Crippen LogP contribution in [0.5, 0.6) is 5.75 Å². The second-order valence-corrected chi connectivity index (χ2v) is 8.44. The lowest BCUT2D eigenvalue weighted by Gasteiger charge is -2.29. The van der Waals surface area contributed by atoms with Gasteiger partial charge in [-0.25, -0.2) is 8.42 Å². The Bertz CT molecular complexity index is 1320. The minimum Gasteiger partial charge on any atom is -0.497 e. The lowest BCUT2D eigenvalue weighted by atomic mass is 10.1. The fraction of sp³-hybridized carbons (Fsp3) is 0.0435. The largest absolute Gasteiger partial charge is 0.497 e. The van der Waals surface area contributed by atoms with Crippen LogP contribution in [0.2, 0.25) is 0 Å². The average molecular weight is 416 g/mol. The van der Waals surface area contributed by atoms with Crippen molar-refractivity contribution < 1.29 is 17.9 Å². The molecule has 4 rings (SSSR count). The molecule has 0 fully saturated rings. The fourth-order valence-electron chi connectivity index (χ4n) is 3.26. The Morgan fingerprint density at radius 3 is 2.43 bits per heavy atom. The van der Waals surface area contributed by atoms with Crippen LogP contribution in [0.3, 0.4) is 0 Å². The molecule has 1 aliphatic rings. The molecule has 6 nitrogen and oxygen atoms in total. The number of para-hydroxylation sites is 1. The van der Waals surface area contributed by atoms with Crippen LogP contribution in [0.15, 0.2) is 88.8 Å². The number of carbonyl (C=O) groups is 1. The molecule has 0 radical (unpaired) electrons. The predicted molar refractivity (Wildman–Crippen MR) is 112 cm³/mol. The minimum absolute atomic E-state index is 0.0340. The van der Waals surface area contributed by atoms with Crippen LogP contribution in [-0.4, -0.2) is 21.3 Å². The first kappa shape index (κ1) is 19.4. The van der Waals surface area contributed by atoms with Crippen molar-refractivity contribution in [3.05, 3.63) is 95.0 Å². The third kappa shape index (κ3) is 3.23. The van der Waals surface area contributed by atoms with Crippen LogP contribution < -0.4 is 9.64 Å². The Morgan fingerprint density at radius 1 is 1.00 bits per heavy atom. The maximum atomic E-state index is 13.2. The van der Waals surface area contributed by atoms with Crippen molar-refractivity contribution in [3.63, 3.8) is 0 Å². The Labute approximate surface area is 174 Å². The van der Waals surface area contributed by atoms with Gasteiger partial charge in [-0.3, -0.25) is 4.79 Å². The number of nitriles is 1. The van der Waals surface area contributed by atoms with E-state index in [1.807, 2.05) is 0 Å². The molecule has 0 bridgehead atoms. The van der Waals surface area contributed by atoms with Gasteiger partial charge >= 0.3 is 0 Å². The smallest absolute Gasteiger partial charge is 0.214 e. The lowest BCUT2D eigenvalue weighted by molar-refractivity contribution is 0.104. The number of benzene rings is 3. The molecule has 0 aromatic heterocycles. The Kier molecular flexibility index (Phi) is 4.86. The van der Waals surface area contributed by atoms with Crippen molar-refractivity contribution in [2.45, 2.75) is 4.90 Å². The molecule has 0 aliphatic carbocycles. The number of sulfone groups is 1. The van der Waals surface area contributed by atoms with Crippen molar-refractivity contribution in [1.29, 1.82) is 5.26 Å². The topological polar surface area (TPSA) is 87.5 Å². The number of allylic oxidation sites excluding steroid dienone is 1. The van der Waals surface area contributed by atoms with E-state index < -0.39 is 15.6 Å². The minimum atomic E-state index is -4.03. The van der Waals surface area contributed by atoms with Gasteiger partial charge in [0.2, 0.25) is 15.6 Å². The van der Waals surface area contributed by atoms with Crippen LogP contribution in [0.25, 0.3) is 0 Å². The third-order valence-corrected chi connectivity index (χ3v) is 6.57. The van der Waals surface area contributed by atoms with Crippen LogP contribution >= 0.6 is 0 Å². The van der Waals surface area contributed by atoms with E-state index in [0.717, 1.165) is 0 Å². The number of ether oxygens (including phenoxy) is 1. The first-order chi connectivity index (χ1) is 14.5. The van der Waals surface area contributed by atoms with Gasteiger partial charge in [0, 0.05) is 17.5 Å². The highest BCUT2D eigenvalue weighted by Gasteiger charge is 2.36.